The number of benzene rings is 1. The van der Waals surface area contributed by atoms with E-state index in [1.807, 2.05) is 6.92 Å². The van der Waals surface area contributed by atoms with Gasteiger partial charge >= 0.3 is 0 Å². The summed E-state index contributed by atoms with van der Waals surface area (Å²) in [4.78, 5) is 4.53. The molecule has 1 N–H and O–H groups in total. The Morgan fingerprint density at radius 2 is 2.14 bits per heavy atom. The summed E-state index contributed by atoms with van der Waals surface area (Å²) in [7, 11) is 0. The van der Waals surface area contributed by atoms with Gasteiger partial charge in [0.2, 0.25) is 0 Å². The van der Waals surface area contributed by atoms with Crippen molar-refractivity contribution in [2.24, 2.45) is 5.92 Å². The minimum absolute atomic E-state index is 0.868. The number of rotatable bonds is 8. The fourth-order valence-electron chi connectivity index (χ4n) is 2.45. The van der Waals surface area contributed by atoms with E-state index in [1.165, 1.54) is 23.8 Å². The van der Waals surface area contributed by atoms with Crippen molar-refractivity contribution in [1.82, 2.24) is 10.3 Å². The first-order valence-electron chi connectivity index (χ1n) is 7.96. The molecule has 0 radical (unpaired) electrons. The zero-order chi connectivity index (χ0) is 14.5. The minimum atomic E-state index is 0.868. The van der Waals surface area contributed by atoms with Gasteiger partial charge in [-0.15, -0.1) is 0 Å². The molecule has 0 atom stereocenters. The molecule has 1 aromatic carbocycles. The highest BCUT2D eigenvalue weighted by atomic mass is 16.5. The van der Waals surface area contributed by atoms with Crippen molar-refractivity contribution < 1.29 is 4.74 Å². The number of ether oxygens (including phenoxy) is 1. The van der Waals surface area contributed by atoms with E-state index < -0.39 is 0 Å². The summed E-state index contributed by atoms with van der Waals surface area (Å²) in [5.41, 5.74) is 3.46. The van der Waals surface area contributed by atoms with Crippen molar-refractivity contribution in [3.8, 4) is 0 Å². The van der Waals surface area contributed by atoms with Gasteiger partial charge in [-0.05, 0) is 62.4 Å². The summed E-state index contributed by atoms with van der Waals surface area (Å²) in [6.07, 6.45) is 3.82. The Morgan fingerprint density at radius 3 is 3.00 bits per heavy atom. The summed E-state index contributed by atoms with van der Waals surface area (Å²) in [5.74, 6) is 0.868. The summed E-state index contributed by atoms with van der Waals surface area (Å²) in [6, 6.07) is 10.7. The van der Waals surface area contributed by atoms with Gasteiger partial charge in [0.1, 0.15) is 0 Å². The Hall–Kier alpha value is -1.45. The standard InChI is InChI=1S/C18H24N2O/c1-14-3-7-17-11-16(6-8-18(17)20-14)12-19-9-2-10-21-13-15-4-5-15/h3,6-8,11,15,19H,2,4-5,9-10,12-13H2,1H3. The van der Waals surface area contributed by atoms with E-state index in [0.29, 0.717) is 0 Å². The Labute approximate surface area is 126 Å². The average Bonchev–Trinajstić information content (AvgIpc) is 3.30. The number of aryl methyl sites for hydroxylation is 1. The van der Waals surface area contributed by atoms with Crippen LogP contribution in [0.15, 0.2) is 30.3 Å². The molecule has 1 aliphatic rings. The SMILES string of the molecule is Cc1ccc2cc(CNCCCOCC3CC3)ccc2n1. The number of hydrogen-bond donors (Lipinski definition) is 1. The van der Waals surface area contributed by atoms with Crippen molar-refractivity contribution >= 4 is 10.9 Å². The van der Waals surface area contributed by atoms with Crippen LogP contribution in [0.5, 0.6) is 0 Å². The maximum absolute atomic E-state index is 5.63. The lowest BCUT2D eigenvalue weighted by Crippen LogP contribution is -2.16. The van der Waals surface area contributed by atoms with Gasteiger partial charge in [-0.2, -0.15) is 0 Å². The summed E-state index contributed by atoms with van der Waals surface area (Å²) in [6.45, 7) is 5.79. The Morgan fingerprint density at radius 1 is 1.24 bits per heavy atom. The highest BCUT2D eigenvalue weighted by Gasteiger charge is 2.20. The predicted molar refractivity (Wildman–Crippen MR) is 86.3 cm³/mol. The van der Waals surface area contributed by atoms with Crippen molar-refractivity contribution in [3.05, 3.63) is 41.6 Å². The lowest BCUT2D eigenvalue weighted by Gasteiger charge is -2.07. The van der Waals surface area contributed by atoms with E-state index in [0.717, 1.165) is 49.9 Å². The molecule has 1 saturated carbocycles. The lowest BCUT2D eigenvalue weighted by molar-refractivity contribution is 0.122. The molecule has 0 spiro atoms. The molecule has 0 amide bonds. The number of hydrogen-bond acceptors (Lipinski definition) is 3. The molecule has 3 heteroatoms. The third-order valence-electron chi connectivity index (χ3n) is 3.91. The molecule has 1 fully saturated rings. The van der Waals surface area contributed by atoms with Crippen molar-refractivity contribution in [3.63, 3.8) is 0 Å². The molecule has 1 heterocycles. The largest absolute Gasteiger partial charge is 0.381 e. The lowest BCUT2D eigenvalue weighted by atomic mass is 10.1. The second-order valence-corrected chi connectivity index (χ2v) is 6.03. The number of nitrogens with one attached hydrogen (secondary N) is 1. The molecule has 21 heavy (non-hydrogen) atoms. The first-order chi connectivity index (χ1) is 10.3. The maximum Gasteiger partial charge on any atom is 0.0705 e. The zero-order valence-corrected chi connectivity index (χ0v) is 12.8. The van der Waals surface area contributed by atoms with Crippen LogP contribution in [0.3, 0.4) is 0 Å². The zero-order valence-electron chi connectivity index (χ0n) is 12.8. The van der Waals surface area contributed by atoms with Crippen LogP contribution in [0.1, 0.15) is 30.5 Å². The molecule has 0 saturated heterocycles. The second kappa shape index (κ2) is 7.01. The van der Waals surface area contributed by atoms with E-state index in [9.17, 15) is 0 Å². The number of nitrogens with zero attached hydrogens (tertiary/aromatic N) is 1. The van der Waals surface area contributed by atoms with Crippen LogP contribution >= 0.6 is 0 Å². The first-order valence-corrected chi connectivity index (χ1v) is 7.96. The van der Waals surface area contributed by atoms with Crippen LogP contribution in [0.2, 0.25) is 0 Å². The van der Waals surface area contributed by atoms with Crippen LogP contribution in [0.4, 0.5) is 0 Å². The van der Waals surface area contributed by atoms with Gasteiger partial charge in [0.15, 0.2) is 0 Å². The monoisotopic (exact) mass is 284 g/mol. The molecule has 0 aliphatic heterocycles. The summed E-state index contributed by atoms with van der Waals surface area (Å²) < 4.78 is 5.63. The molecule has 0 unspecified atom stereocenters. The quantitative estimate of drug-likeness (QED) is 0.754. The number of pyridine rings is 1. The highest BCUT2D eigenvalue weighted by molar-refractivity contribution is 5.79. The Balaban J connectivity index is 1.39. The van der Waals surface area contributed by atoms with Crippen molar-refractivity contribution in [2.45, 2.75) is 32.7 Å². The number of aromatic nitrogens is 1. The van der Waals surface area contributed by atoms with Gasteiger partial charge in [-0.3, -0.25) is 4.98 Å². The van der Waals surface area contributed by atoms with E-state index in [1.54, 1.807) is 0 Å². The predicted octanol–water partition coefficient (Wildman–Crippen LogP) is 3.45. The Kier molecular flexibility index (Phi) is 4.84. The van der Waals surface area contributed by atoms with Crippen LogP contribution in [0.25, 0.3) is 10.9 Å². The van der Waals surface area contributed by atoms with Crippen LogP contribution in [-0.2, 0) is 11.3 Å². The molecule has 112 valence electrons. The van der Waals surface area contributed by atoms with Crippen molar-refractivity contribution in [1.29, 1.82) is 0 Å². The van der Waals surface area contributed by atoms with Gasteiger partial charge in [0, 0.05) is 30.8 Å². The van der Waals surface area contributed by atoms with Crippen LogP contribution in [0, 0.1) is 12.8 Å². The molecule has 0 bridgehead atoms. The van der Waals surface area contributed by atoms with Gasteiger partial charge in [0.25, 0.3) is 0 Å². The summed E-state index contributed by atoms with van der Waals surface area (Å²) in [5, 5.41) is 4.70. The van der Waals surface area contributed by atoms with Gasteiger partial charge in [-0.25, -0.2) is 0 Å². The van der Waals surface area contributed by atoms with E-state index in [-0.39, 0.29) is 0 Å². The van der Waals surface area contributed by atoms with E-state index >= 15 is 0 Å². The molecule has 3 rings (SSSR count). The van der Waals surface area contributed by atoms with Crippen molar-refractivity contribution in [2.75, 3.05) is 19.8 Å². The second-order valence-electron chi connectivity index (χ2n) is 6.03. The molecular formula is C18H24N2O. The van der Waals surface area contributed by atoms with Gasteiger partial charge in [-0.1, -0.05) is 12.1 Å². The van der Waals surface area contributed by atoms with Gasteiger partial charge < -0.3 is 10.1 Å². The normalized spacial score (nSPS) is 14.7. The van der Waals surface area contributed by atoms with E-state index in [2.05, 4.69) is 40.6 Å². The molecule has 1 aromatic heterocycles. The average molecular weight is 284 g/mol. The Bertz CT molecular complexity index is 593. The van der Waals surface area contributed by atoms with Crippen LogP contribution < -0.4 is 5.32 Å². The molecular weight excluding hydrogens is 260 g/mol. The number of fused-ring (bicyclic) bond motifs is 1. The third kappa shape index (κ3) is 4.51. The first kappa shape index (κ1) is 14.5. The minimum Gasteiger partial charge on any atom is -0.381 e. The molecule has 3 nitrogen and oxygen atoms in total. The smallest absolute Gasteiger partial charge is 0.0705 e. The summed E-state index contributed by atoms with van der Waals surface area (Å²) >= 11 is 0. The van der Waals surface area contributed by atoms with Crippen LogP contribution in [-0.4, -0.2) is 24.7 Å². The fourth-order valence-corrected chi connectivity index (χ4v) is 2.45. The van der Waals surface area contributed by atoms with E-state index in [4.69, 9.17) is 4.74 Å². The molecule has 1 aliphatic carbocycles. The van der Waals surface area contributed by atoms with Gasteiger partial charge in [0.05, 0.1) is 5.52 Å². The highest BCUT2D eigenvalue weighted by Crippen LogP contribution is 2.28. The maximum atomic E-state index is 5.63. The fraction of sp³-hybridized carbons (Fsp3) is 0.500. The topological polar surface area (TPSA) is 34.1 Å². The third-order valence-corrected chi connectivity index (χ3v) is 3.91. The molecule has 2 aromatic rings.